The van der Waals surface area contributed by atoms with Gasteiger partial charge in [0.25, 0.3) is 0 Å². The summed E-state index contributed by atoms with van der Waals surface area (Å²) in [5.41, 5.74) is 1.24. The third kappa shape index (κ3) is 3.53. The lowest BCUT2D eigenvalue weighted by atomic mass is 10.0. The predicted molar refractivity (Wildman–Crippen MR) is 71.7 cm³/mol. The van der Waals surface area contributed by atoms with Gasteiger partial charge >= 0.3 is 0 Å². The Bertz CT molecular complexity index is 395. The molecule has 1 aliphatic heterocycles. The van der Waals surface area contributed by atoms with Crippen LogP contribution < -0.4 is 9.47 Å². The van der Waals surface area contributed by atoms with Crippen LogP contribution in [0.3, 0.4) is 0 Å². The number of halogens is 1. The first-order valence-electron chi connectivity index (χ1n) is 6.35. The van der Waals surface area contributed by atoms with E-state index in [-0.39, 0.29) is 12.0 Å². The van der Waals surface area contributed by atoms with E-state index in [1.54, 1.807) is 0 Å². The summed E-state index contributed by atoms with van der Waals surface area (Å²) in [6, 6.07) is 5.93. The van der Waals surface area contributed by atoms with Crippen LogP contribution in [0.1, 0.15) is 25.3 Å². The third-order valence-electron chi connectivity index (χ3n) is 3.08. The molecule has 0 bridgehead atoms. The van der Waals surface area contributed by atoms with Gasteiger partial charge in [-0.2, -0.15) is 0 Å². The Hall–Kier alpha value is -0.930. The Labute approximate surface area is 113 Å². The first-order chi connectivity index (χ1) is 8.69. The Morgan fingerprint density at radius 2 is 2.39 bits per heavy atom. The van der Waals surface area contributed by atoms with Gasteiger partial charge in [-0.3, -0.25) is 0 Å². The molecule has 2 rings (SSSR count). The molecule has 0 fully saturated rings. The number of hydrogen-bond acceptors (Lipinski definition) is 3. The van der Waals surface area contributed by atoms with Gasteiger partial charge in [-0.15, -0.1) is 11.6 Å². The fraction of sp³-hybridized carbons (Fsp3) is 0.571. The van der Waals surface area contributed by atoms with Gasteiger partial charge in [0.15, 0.2) is 0 Å². The largest absolute Gasteiger partial charge is 0.493 e. The molecular formula is C14H19ClO3. The number of ether oxygens (including phenoxy) is 2. The minimum Gasteiger partial charge on any atom is -0.493 e. The summed E-state index contributed by atoms with van der Waals surface area (Å²) < 4.78 is 11.4. The second-order valence-corrected chi connectivity index (χ2v) is 4.99. The molecule has 0 aromatic heterocycles. The number of fused-ring (bicyclic) bond motifs is 1. The molecule has 1 aliphatic rings. The maximum absolute atomic E-state index is 9.33. The maximum Gasteiger partial charge on any atom is 0.126 e. The average Bonchev–Trinajstić information content (AvgIpc) is 2.38. The second-order valence-electron chi connectivity index (χ2n) is 4.68. The van der Waals surface area contributed by atoms with E-state index < -0.39 is 6.10 Å². The van der Waals surface area contributed by atoms with E-state index in [0.717, 1.165) is 24.3 Å². The maximum atomic E-state index is 9.33. The summed E-state index contributed by atoms with van der Waals surface area (Å²) in [6.07, 6.45) is 2.43. The molecule has 1 aromatic carbocycles. The number of hydrogen-bond donors (Lipinski definition) is 1. The first kappa shape index (κ1) is 13.5. The second kappa shape index (κ2) is 6.30. The van der Waals surface area contributed by atoms with Crippen molar-refractivity contribution in [3.8, 4) is 11.5 Å². The summed E-state index contributed by atoms with van der Waals surface area (Å²) in [4.78, 5) is 0. The Balaban J connectivity index is 1.92. The van der Waals surface area contributed by atoms with E-state index in [4.69, 9.17) is 21.1 Å². The van der Waals surface area contributed by atoms with Crippen LogP contribution in [0.15, 0.2) is 18.2 Å². The number of alkyl halides is 1. The molecule has 0 saturated heterocycles. The van der Waals surface area contributed by atoms with E-state index in [1.807, 2.05) is 12.1 Å². The third-order valence-corrected chi connectivity index (χ3v) is 3.44. The van der Waals surface area contributed by atoms with E-state index in [0.29, 0.717) is 13.0 Å². The van der Waals surface area contributed by atoms with Crippen molar-refractivity contribution in [2.24, 2.45) is 0 Å². The van der Waals surface area contributed by atoms with Gasteiger partial charge in [0.1, 0.15) is 11.5 Å². The summed E-state index contributed by atoms with van der Waals surface area (Å²) >= 11 is 5.52. The molecular weight excluding hydrogens is 252 g/mol. The fourth-order valence-corrected chi connectivity index (χ4v) is 2.12. The van der Waals surface area contributed by atoms with Gasteiger partial charge in [0, 0.05) is 18.4 Å². The zero-order valence-corrected chi connectivity index (χ0v) is 11.3. The zero-order valence-electron chi connectivity index (χ0n) is 10.6. The highest BCUT2D eigenvalue weighted by atomic mass is 35.5. The standard InChI is InChI=1S/C14H19ClO3/c1-10-2-3-11-4-5-13(8-14(11)18-10)17-7-6-12(16)9-15/h4-5,8,10,12,16H,2-3,6-7,9H2,1H3. The number of aliphatic hydroxyl groups is 1. The molecule has 3 nitrogen and oxygen atoms in total. The highest BCUT2D eigenvalue weighted by Crippen LogP contribution is 2.31. The van der Waals surface area contributed by atoms with Gasteiger partial charge in [0.2, 0.25) is 0 Å². The molecule has 1 heterocycles. The highest BCUT2D eigenvalue weighted by Gasteiger charge is 2.16. The molecule has 0 radical (unpaired) electrons. The summed E-state index contributed by atoms with van der Waals surface area (Å²) in [6.45, 7) is 2.54. The zero-order chi connectivity index (χ0) is 13.0. The Morgan fingerprint density at radius 1 is 1.56 bits per heavy atom. The van der Waals surface area contributed by atoms with E-state index >= 15 is 0 Å². The molecule has 0 spiro atoms. The van der Waals surface area contributed by atoms with Crippen molar-refractivity contribution in [1.29, 1.82) is 0 Å². The molecule has 0 aliphatic carbocycles. The van der Waals surface area contributed by atoms with Gasteiger partial charge in [-0.1, -0.05) is 6.07 Å². The molecule has 0 saturated carbocycles. The smallest absolute Gasteiger partial charge is 0.126 e. The van der Waals surface area contributed by atoms with Crippen LogP contribution >= 0.6 is 11.6 Å². The highest BCUT2D eigenvalue weighted by molar-refractivity contribution is 6.18. The molecule has 2 atom stereocenters. The molecule has 0 amide bonds. The fourth-order valence-electron chi connectivity index (χ4n) is 1.97. The molecule has 1 aromatic rings. The van der Waals surface area contributed by atoms with E-state index in [2.05, 4.69) is 13.0 Å². The minimum absolute atomic E-state index is 0.244. The van der Waals surface area contributed by atoms with Crippen molar-refractivity contribution in [2.45, 2.75) is 38.4 Å². The van der Waals surface area contributed by atoms with Gasteiger partial charge in [-0.05, 0) is 31.4 Å². The van der Waals surface area contributed by atoms with Gasteiger partial charge < -0.3 is 14.6 Å². The van der Waals surface area contributed by atoms with Crippen LogP contribution in [0.25, 0.3) is 0 Å². The van der Waals surface area contributed by atoms with Crippen LogP contribution in [0.2, 0.25) is 0 Å². The van der Waals surface area contributed by atoms with Crippen molar-refractivity contribution in [1.82, 2.24) is 0 Å². The summed E-state index contributed by atoms with van der Waals surface area (Å²) in [5, 5.41) is 9.33. The van der Waals surface area contributed by atoms with Crippen molar-refractivity contribution < 1.29 is 14.6 Å². The number of aryl methyl sites for hydroxylation is 1. The van der Waals surface area contributed by atoms with Crippen molar-refractivity contribution in [3.63, 3.8) is 0 Å². The lowest BCUT2D eigenvalue weighted by Gasteiger charge is -2.23. The van der Waals surface area contributed by atoms with Gasteiger partial charge in [0.05, 0.1) is 18.8 Å². The Morgan fingerprint density at radius 3 is 3.17 bits per heavy atom. The molecule has 18 heavy (non-hydrogen) atoms. The molecule has 2 unspecified atom stereocenters. The predicted octanol–water partition coefficient (Wildman–Crippen LogP) is 2.77. The monoisotopic (exact) mass is 270 g/mol. The van der Waals surface area contributed by atoms with Crippen molar-refractivity contribution in [3.05, 3.63) is 23.8 Å². The summed E-state index contributed by atoms with van der Waals surface area (Å²) in [7, 11) is 0. The van der Waals surface area contributed by atoms with Crippen LogP contribution in [-0.4, -0.2) is 29.8 Å². The van der Waals surface area contributed by atoms with E-state index in [1.165, 1.54) is 5.56 Å². The van der Waals surface area contributed by atoms with Crippen molar-refractivity contribution >= 4 is 11.6 Å². The Kier molecular flexibility index (Phi) is 4.72. The SMILES string of the molecule is CC1CCc2ccc(OCCC(O)CCl)cc2O1. The number of rotatable bonds is 5. The lowest BCUT2D eigenvalue weighted by molar-refractivity contribution is 0.157. The molecule has 1 N–H and O–H groups in total. The van der Waals surface area contributed by atoms with Crippen LogP contribution in [-0.2, 0) is 6.42 Å². The number of aliphatic hydroxyl groups excluding tert-OH is 1. The molecule has 100 valence electrons. The van der Waals surface area contributed by atoms with Crippen LogP contribution in [0, 0.1) is 0 Å². The van der Waals surface area contributed by atoms with Crippen LogP contribution in [0.4, 0.5) is 0 Å². The molecule has 4 heteroatoms. The normalized spacial score (nSPS) is 19.8. The topological polar surface area (TPSA) is 38.7 Å². The lowest BCUT2D eigenvalue weighted by Crippen LogP contribution is -2.18. The van der Waals surface area contributed by atoms with E-state index in [9.17, 15) is 5.11 Å². The minimum atomic E-state index is -0.499. The van der Waals surface area contributed by atoms with Crippen LogP contribution in [0.5, 0.6) is 11.5 Å². The average molecular weight is 271 g/mol. The number of benzene rings is 1. The van der Waals surface area contributed by atoms with Gasteiger partial charge in [-0.25, -0.2) is 0 Å². The first-order valence-corrected chi connectivity index (χ1v) is 6.89. The summed E-state index contributed by atoms with van der Waals surface area (Å²) in [5.74, 6) is 1.95. The quantitative estimate of drug-likeness (QED) is 0.836. The van der Waals surface area contributed by atoms with Crippen molar-refractivity contribution in [2.75, 3.05) is 12.5 Å².